The van der Waals surface area contributed by atoms with Crippen LogP contribution in [0, 0.1) is 0 Å². The monoisotopic (exact) mass is 331 g/mol. The number of carbonyl (C=O) groups is 2. The normalized spacial score (nSPS) is 21.6. The molecule has 2 atom stereocenters. The summed E-state index contributed by atoms with van der Waals surface area (Å²) in [6.07, 6.45) is -0.178. The van der Waals surface area contributed by atoms with E-state index in [1.54, 1.807) is 18.2 Å². The van der Waals surface area contributed by atoms with E-state index < -0.39 is 18.1 Å². The smallest absolute Gasteiger partial charge is 0.326 e. The van der Waals surface area contributed by atoms with E-state index in [2.05, 4.69) is 0 Å². The molecule has 0 saturated carbocycles. The van der Waals surface area contributed by atoms with Gasteiger partial charge < -0.3 is 15.1 Å². The highest BCUT2D eigenvalue weighted by atomic mass is 35.5. The van der Waals surface area contributed by atoms with Crippen molar-refractivity contribution in [2.75, 3.05) is 6.54 Å². The lowest BCUT2D eigenvalue weighted by Crippen LogP contribution is -2.40. The van der Waals surface area contributed by atoms with Crippen LogP contribution >= 0.6 is 23.2 Å². The summed E-state index contributed by atoms with van der Waals surface area (Å²) in [5.74, 6) is -1.39. The van der Waals surface area contributed by atoms with Crippen LogP contribution in [0.4, 0.5) is 0 Å². The van der Waals surface area contributed by atoms with Crippen molar-refractivity contribution in [2.24, 2.45) is 0 Å². The fourth-order valence-corrected chi connectivity index (χ4v) is 2.94. The van der Waals surface area contributed by atoms with Crippen molar-refractivity contribution in [3.8, 4) is 0 Å². The van der Waals surface area contributed by atoms with Crippen LogP contribution in [-0.4, -0.2) is 45.7 Å². The third kappa shape index (κ3) is 3.87. The molecule has 0 bridgehead atoms. The van der Waals surface area contributed by atoms with Crippen LogP contribution in [0.25, 0.3) is 0 Å². The molecule has 1 fully saturated rings. The van der Waals surface area contributed by atoms with E-state index in [9.17, 15) is 14.7 Å². The summed E-state index contributed by atoms with van der Waals surface area (Å²) in [6, 6.07) is 4.08. The number of hydrogen-bond donors (Lipinski definition) is 2. The number of aryl methyl sites for hydroxylation is 1. The van der Waals surface area contributed by atoms with Crippen molar-refractivity contribution in [1.29, 1.82) is 0 Å². The summed E-state index contributed by atoms with van der Waals surface area (Å²) in [4.78, 5) is 24.4. The SMILES string of the molecule is O=C(O)[C@@H]1C[C@H](O)CN1C(=O)CCc1ccc(Cl)cc1Cl. The van der Waals surface area contributed by atoms with E-state index in [1.807, 2.05) is 0 Å². The minimum absolute atomic E-state index is 0.0597. The Bertz CT molecular complexity index is 564. The van der Waals surface area contributed by atoms with Crippen LogP contribution in [0.2, 0.25) is 10.0 Å². The number of rotatable bonds is 4. The summed E-state index contributed by atoms with van der Waals surface area (Å²) in [7, 11) is 0. The van der Waals surface area contributed by atoms with Crippen LogP contribution < -0.4 is 0 Å². The fraction of sp³-hybridized carbons (Fsp3) is 0.429. The van der Waals surface area contributed by atoms with Crippen LogP contribution in [0.1, 0.15) is 18.4 Å². The Balaban J connectivity index is 1.99. The van der Waals surface area contributed by atoms with E-state index in [0.717, 1.165) is 5.56 Å². The number of β-amino-alcohol motifs (C(OH)–C–C–N with tert-alkyl or cyclic N) is 1. The Hall–Kier alpha value is -1.30. The number of carbonyl (C=O) groups excluding carboxylic acids is 1. The lowest BCUT2D eigenvalue weighted by molar-refractivity contribution is -0.148. The summed E-state index contributed by atoms with van der Waals surface area (Å²) in [5, 5.41) is 19.6. The van der Waals surface area contributed by atoms with Crippen molar-refractivity contribution in [1.82, 2.24) is 4.90 Å². The number of carboxylic acid groups (broad SMARTS) is 1. The average molecular weight is 332 g/mol. The molecule has 7 heteroatoms. The molecule has 0 spiro atoms. The van der Waals surface area contributed by atoms with Crippen LogP contribution in [0.15, 0.2) is 18.2 Å². The van der Waals surface area contributed by atoms with Crippen molar-refractivity contribution >= 4 is 35.1 Å². The number of amides is 1. The number of halogens is 2. The second-order valence-corrected chi connectivity index (χ2v) is 5.87. The van der Waals surface area contributed by atoms with Gasteiger partial charge in [-0.3, -0.25) is 4.79 Å². The molecule has 1 aliphatic heterocycles. The zero-order valence-corrected chi connectivity index (χ0v) is 12.6. The molecular formula is C14H15Cl2NO4. The lowest BCUT2D eigenvalue weighted by atomic mass is 10.1. The maximum atomic E-state index is 12.1. The zero-order valence-electron chi connectivity index (χ0n) is 11.1. The molecule has 2 rings (SSSR count). The Kier molecular flexibility index (Phi) is 5.08. The van der Waals surface area contributed by atoms with E-state index in [1.165, 1.54) is 4.90 Å². The number of aliphatic hydroxyl groups is 1. The van der Waals surface area contributed by atoms with E-state index in [0.29, 0.717) is 16.5 Å². The molecule has 1 aliphatic rings. The van der Waals surface area contributed by atoms with Gasteiger partial charge in [-0.25, -0.2) is 4.79 Å². The second-order valence-electron chi connectivity index (χ2n) is 5.03. The Labute approximate surface area is 132 Å². The molecule has 0 radical (unpaired) electrons. The minimum Gasteiger partial charge on any atom is -0.480 e. The number of nitrogens with zero attached hydrogens (tertiary/aromatic N) is 1. The second kappa shape index (κ2) is 6.64. The number of aliphatic hydroxyl groups excluding tert-OH is 1. The summed E-state index contributed by atoms with van der Waals surface area (Å²) >= 11 is 11.8. The van der Waals surface area contributed by atoms with Crippen molar-refractivity contribution in [2.45, 2.75) is 31.4 Å². The first-order valence-corrected chi connectivity index (χ1v) is 7.28. The molecule has 1 heterocycles. The van der Waals surface area contributed by atoms with E-state index in [-0.39, 0.29) is 25.3 Å². The molecule has 5 nitrogen and oxygen atoms in total. The van der Waals surface area contributed by atoms with Crippen molar-refractivity contribution < 1.29 is 19.8 Å². The predicted octanol–water partition coefficient (Wildman–Crippen LogP) is 1.97. The minimum atomic E-state index is -1.09. The highest BCUT2D eigenvalue weighted by Crippen LogP contribution is 2.24. The molecule has 1 aromatic carbocycles. The van der Waals surface area contributed by atoms with Gasteiger partial charge in [0.2, 0.25) is 5.91 Å². The molecule has 2 N–H and O–H groups in total. The van der Waals surface area contributed by atoms with Gasteiger partial charge in [0.1, 0.15) is 6.04 Å². The maximum Gasteiger partial charge on any atom is 0.326 e. The molecule has 1 aromatic rings. The van der Waals surface area contributed by atoms with Gasteiger partial charge in [0.25, 0.3) is 0 Å². The standard InChI is InChI=1S/C14H15Cl2NO4/c15-9-3-1-8(11(16)5-9)2-4-13(19)17-7-10(18)6-12(17)14(20)21/h1,3,5,10,12,18H,2,4,6-7H2,(H,20,21)/t10-,12-/m0/s1. The molecule has 1 amide bonds. The first-order valence-electron chi connectivity index (χ1n) is 6.52. The summed E-state index contributed by atoms with van der Waals surface area (Å²) in [6.45, 7) is 0.0597. The number of benzene rings is 1. The fourth-order valence-electron chi connectivity index (χ4n) is 2.43. The Morgan fingerprint density at radius 3 is 2.67 bits per heavy atom. The molecule has 0 aliphatic carbocycles. The third-order valence-electron chi connectivity index (χ3n) is 3.51. The molecule has 1 saturated heterocycles. The quantitative estimate of drug-likeness (QED) is 0.884. The van der Waals surface area contributed by atoms with Gasteiger partial charge in [-0.1, -0.05) is 29.3 Å². The zero-order chi connectivity index (χ0) is 15.6. The molecule has 114 valence electrons. The van der Waals surface area contributed by atoms with E-state index in [4.69, 9.17) is 28.3 Å². The number of likely N-dealkylation sites (tertiary alicyclic amines) is 1. The average Bonchev–Trinajstić information content (AvgIpc) is 2.80. The first-order chi connectivity index (χ1) is 9.88. The van der Waals surface area contributed by atoms with Gasteiger partial charge in [0.05, 0.1) is 6.10 Å². The van der Waals surface area contributed by atoms with Crippen LogP contribution in [-0.2, 0) is 16.0 Å². The Morgan fingerprint density at radius 1 is 1.33 bits per heavy atom. The summed E-state index contributed by atoms with van der Waals surface area (Å²) in [5.41, 5.74) is 0.779. The number of aliphatic carboxylic acids is 1. The van der Waals surface area contributed by atoms with E-state index >= 15 is 0 Å². The van der Waals surface area contributed by atoms with Gasteiger partial charge in [0.15, 0.2) is 0 Å². The topological polar surface area (TPSA) is 77.8 Å². The van der Waals surface area contributed by atoms with Gasteiger partial charge in [-0.15, -0.1) is 0 Å². The van der Waals surface area contributed by atoms with Gasteiger partial charge in [-0.2, -0.15) is 0 Å². The first kappa shape index (κ1) is 16.1. The maximum absolute atomic E-state index is 12.1. The highest BCUT2D eigenvalue weighted by molar-refractivity contribution is 6.35. The lowest BCUT2D eigenvalue weighted by Gasteiger charge is -2.21. The van der Waals surface area contributed by atoms with Gasteiger partial charge in [0, 0.05) is 29.4 Å². The molecule has 0 aromatic heterocycles. The van der Waals surface area contributed by atoms with Crippen LogP contribution in [0.3, 0.4) is 0 Å². The van der Waals surface area contributed by atoms with Gasteiger partial charge in [-0.05, 0) is 24.1 Å². The summed E-state index contributed by atoms with van der Waals surface area (Å²) < 4.78 is 0. The van der Waals surface area contributed by atoms with Crippen molar-refractivity contribution in [3.05, 3.63) is 33.8 Å². The highest BCUT2D eigenvalue weighted by Gasteiger charge is 2.38. The largest absolute Gasteiger partial charge is 0.480 e. The number of carboxylic acids is 1. The molecular weight excluding hydrogens is 317 g/mol. The molecule has 21 heavy (non-hydrogen) atoms. The third-order valence-corrected chi connectivity index (χ3v) is 4.09. The van der Waals surface area contributed by atoms with Crippen molar-refractivity contribution in [3.63, 3.8) is 0 Å². The predicted molar refractivity (Wildman–Crippen MR) is 78.5 cm³/mol. The van der Waals surface area contributed by atoms with Gasteiger partial charge >= 0.3 is 5.97 Å². The number of hydrogen-bond acceptors (Lipinski definition) is 3. The Morgan fingerprint density at radius 2 is 2.05 bits per heavy atom. The molecule has 0 unspecified atom stereocenters. The van der Waals surface area contributed by atoms with Crippen LogP contribution in [0.5, 0.6) is 0 Å².